The standard InChI is InChI=1S/C23H16N8O2/c1-33-18-7-6-12(8-17(18)32)11-31-21(26)19(22-28-13-4-2-3-5-14(13)29-22)20-23(31)30-16(10-25)15(9-24)27-20/h2-8,32H,11,26H2,1H3,(H,28,29). The van der Waals surface area contributed by atoms with Gasteiger partial charge in [-0.1, -0.05) is 18.2 Å². The molecule has 33 heavy (non-hydrogen) atoms. The molecule has 5 rings (SSSR count). The molecule has 0 unspecified atom stereocenters. The number of benzene rings is 2. The Morgan fingerprint density at radius 3 is 2.55 bits per heavy atom. The predicted octanol–water partition coefficient (Wildman–Crippen LogP) is 3.06. The number of aromatic hydroxyl groups is 1. The average Bonchev–Trinajstić information content (AvgIpc) is 3.36. The quantitative estimate of drug-likeness (QED) is 0.387. The van der Waals surface area contributed by atoms with Crippen LogP contribution in [0.2, 0.25) is 0 Å². The number of nitrogens with one attached hydrogen (secondary N) is 1. The van der Waals surface area contributed by atoms with Gasteiger partial charge in [0.2, 0.25) is 0 Å². The summed E-state index contributed by atoms with van der Waals surface area (Å²) in [6.07, 6.45) is 0. The number of hydrogen-bond donors (Lipinski definition) is 3. The summed E-state index contributed by atoms with van der Waals surface area (Å²) in [6.45, 7) is 0.228. The monoisotopic (exact) mass is 436 g/mol. The summed E-state index contributed by atoms with van der Waals surface area (Å²) in [4.78, 5) is 16.7. The first-order valence-corrected chi connectivity index (χ1v) is 9.85. The van der Waals surface area contributed by atoms with Crippen LogP contribution < -0.4 is 10.5 Å². The molecule has 160 valence electrons. The molecule has 3 heterocycles. The SMILES string of the molecule is COc1ccc(Cn2c(N)c(-c3nc4ccccc4[nH]3)c3nc(C#N)c(C#N)nc32)cc1O. The van der Waals surface area contributed by atoms with Crippen molar-refractivity contribution in [1.29, 1.82) is 10.5 Å². The maximum atomic E-state index is 10.2. The average molecular weight is 436 g/mol. The first-order valence-electron chi connectivity index (χ1n) is 9.85. The lowest BCUT2D eigenvalue weighted by molar-refractivity contribution is 0.373. The Hall–Kier alpha value is -5.09. The van der Waals surface area contributed by atoms with E-state index in [9.17, 15) is 15.6 Å². The lowest BCUT2D eigenvalue weighted by Gasteiger charge is -2.10. The van der Waals surface area contributed by atoms with Gasteiger partial charge in [-0.15, -0.1) is 0 Å². The number of aromatic nitrogens is 5. The van der Waals surface area contributed by atoms with Crippen LogP contribution in [-0.4, -0.2) is 36.7 Å². The predicted molar refractivity (Wildman–Crippen MR) is 120 cm³/mol. The molecule has 0 saturated carbocycles. The number of aromatic amines is 1. The lowest BCUT2D eigenvalue weighted by Crippen LogP contribution is -2.06. The fraction of sp³-hybridized carbons (Fsp3) is 0.0870. The van der Waals surface area contributed by atoms with E-state index in [1.54, 1.807) is 22.8 Å². The molecular formula is C23H16N8O2. The van der Waals surface area contributed by atoms with Crippen molar-refractivity contribution in [3.63, 3.8) is 0 Å². The summed E-state index contributed by atoms with van der Waals surface area (Å²) in [6, 6.07) is 16.3. The number of nitriles is 2. The maximum Gasteiger partial charge on any atom is 0.179 e. The van der Waals surface area contributed by atoms with Gasteiger partial charge < -0.3 is 25.1 Å². The van der Waals surface area contributed by atoms with Gasteiger partial charge in [-0.25, -0.2) is 15.0 Å². The Morgan fingerprint density at radius 1 is 1.09 bits per heavy atom. The minimum absolute atomic E-state index is 0.0156. The van der Waals surface area contributed by atoms with Crippen molar-refractivity contribution in [2.45, 2.75) is 6.54 Å². The number of phenols is 1. The van der Waals surface area contributed by atoms with E-state index in [0.717, 1.165) is 16.6 Å². The van der Waals surface area contributed by atoms with Crippen LogP contribution in [0, 0.1) is 22.7 Å². The van der Waals surface area contributed by atoms with Crippen LogP contribution in [0.15, 0.2) is 42.5 Å². The van der Waals surface area contributed by atoms with Gasteiger partial charge in [0.15, 0.2) is 28.5 Å². The number of anilines is 1. The number of para-hydroxylation sites is 2. The highest BCUT2D eigenvalue weighted by atomic mass is 16.5. The minimum Gasteiger partial charge on any atom is -0.504 e. The second-order valence-electron chi connectivity index (χ2n) is 7.27. The number of phenolic OH excluding ortho intramolecular Hbond substituents is 1. The molecule has 0 spiro atoms. The van der Waals surface area contributed by atoms with Gasteiger partial charge in [0.05, 0.1) is 30.3 Å². The van der Waals surface area contributed by atoms with Gasteiger partial charge in [0.25, 0.3) is 0 Å². The van der Waals surface area contributed by atoms with E-state index in [0.29, 0.717) is 34.1 Å². The first-order chi connectivity index (χ1) is 16.0. The summed E-state index contributed by atoms with van der Waals surface area (Å²) in [7, 11) is 1.47. The second kappa shape index (κ2) is 7.55. The van der Waals surface area contributed by atoms with Crippen molar-refractivity contribution in [3.05, 3.63) is 59.4 Å². The number of imidazole rings is 1. The number of hydrogen-bond acceptors (Lipinski definition) is 8. The topological polar surface area (TPSA) is 162 Å². The van der Waals surface area contributed by atoms with Crippen LogP contribution in [-0.2, 0) is 6.54 Å². The first kappa shape index (κ1) is 19.8. The third kappa shape index (κ3) is 3.14. The highest BCUT2D eigenvalue weighted by molar-refractivity contribution is 5.98. The smallest absolute Gasteiger partial charge is 0.179 e. The van der Waals surface area contributed by atoms with Crippen molar-refractivity contribution in [2.24, 2.45) is 0 Å². The van der Waals surface area contributed by atoms with Crippen LogP contribution in [0.1, 0.15) is 17.0 Å². The summed E-state index contributed by atoms with van der Waals surface area (Å²) < 4.78 is 6.78. The molecule has 0 saturated heterocycles. The fourth-order valence-corrected chi connectivity index (χ4v) is 3.79. The van der Waals surface area contributed by atoms with Crippen LogP contribution >= 0.6 is 0 Å². The van der Waals surface area contributed by atoms with E-state index < -0.39 is 0 Å². The highest BCUT2D eigenvalue weighted by Crippen LogP contribution is 2.36. The second-order valence-corrected chi connectivity index (χ2v) is 7.27. The minimum atomic E-state index is -0.0996. The number of H-pyrrole nitrogens is 1. The number of methoxy groups -OCH3 is 1. The third-order valence-corrected chi connectivity index (χ3v) is 5.34. The van der Waals surface area contributed by atoms with E-state index in [1.165, 1.54) is 7.11 Å². The normalized spacial score (nSPS) is 10.9. The zero-order valence-electron chi connectivity index (χ0n) is 17.4. The molecule has 0 amide bonds. The Bertz CT molecular complexity index is 1600. The zero-order chi connectivity index (χ0) is 23.1. The Balaban J connectivity index is 1.77. The van der Waals surface area contributed by atoms with Crippen molar-refractivity contribution in [1.82, 2.24) is 24.5 Å². The van der Waals surface area contributed by atoms with Crippen LogP contribution in [0.25, 0.3) is 33.6 Å². The Morgan fingerprint density at radius 2 is 1.85 bits per heavy atom. The number of nitrogens with zero attached hydrogens (tertiary/aromatic N) is 6. The fourth-order valence-electron chi connectivity index (χ4n) is 3.79. The molecule has 0 fully saturated rings. The molecule has 0 aliphatic carbocycles. The summed E-state index contributed by atoms with van der Waals surface area (Å²) >= 11 is 0. The lowest BCUT2D eigenvalue weighted by atomic mass is 10.2. The Labute approximate surface area is 187 Å². The van der Waals surface area contributed by atoms with E-state index in [2.05, 4.69) is 19.9 Å². The third-order valence-electron chi connectivity index (χ3n) is 5.34. The summed E-state index contributed by atoms with van der Waals surface area (Å²) in [5, 5.41) is 29.1. The molecule has 5 aromatic rings. The van der Waals surface area contributed by atoms with Gasteiger partial charge in [-0.2, -0.15) is 10.5 Å². The summed E-state index contributed by atoms with van der Waals surface area (Å²) in [5.41, 5.74) is 9.80. The van der Waals surface area contributed by atoms with Gasteiger partial charge in [0, 0.05) is 0 Å². The molecule has 10 heteroatoms. The molecule has 0 atom stereocenters. The van der Waals surface area contributed by atoms with E-state index in [-0.39, 0.29) is 23.7 Å². The van der Waals surface area contributed by atoms with Crippen molar-refractivity contribution in [3.8, 4) is 35.0 Å². The Kier molecular flexibility index (Phi) is 4.54. The van der Waals surface area contributed by atoms with Crippen molar-refractivity contribution in [2.75, 3.05) is 12.8 Å². The summed E-state index contributed by atoms with van der Waals surface area (Å²) in [5.74, 6) is 1.10. The van der Waals surface area contributed by atoms with Crippen LogP contribution in [0.4, 0.5) is 5.82 Å². The maximum absolute atomic E-state index is 10.2. The van der Waals surface area contributed by atoms with Crippen molar-refractivity contribution < 1.29 is 9.84 Å². The number of ether oxygens (including phenoxy) is 1. The van der Waals surface area contributed by atoms with E-state index in [1.807, 2.05) is 36.4 Å². The molecular weight excluding hydrogens is 420 g/mol. The van der Waals surface area contributed by atoms with Gasteiger partial charge in [-0.05, 0) is 29.8 Å². The molecule has 0 bridgehead atoms. The van der Waals surface area contributed by atoms with E-state index >= 15 is 0 Å². The number of nitrogen functional groups attached to an aromatic ring is 1. The van der Waals surface area contributed by atoms with Gasteiger partial charge >= 0.3 is 0 Å². The molecule has 10 nitrogen and oxygen atoms in total. The van der Waals surface area contributed by atoms with Crippen LogP contribution in [0.5, 0.6) is 11.5 Å². The molecule has 4 N–H and O–H groups in total. The largest absolute Gasteiger partial charge is 0.504 e. The van der Waals surface area contributed by atoms with E-state index in [4.69, 9.17) is 10.5 Å². The number of fused-ring (bicyclic) bond motifs is 2. The molecule has 0 aliphatic heterocycles. The molecule has 0 aliphatic rings. The number of rotatable bonds is 4. The highest BCUT2D eigenvalue weighted by Gasteiger charge is 2.24. The number of nitrogens with two attached hydrogens (primary N) is 1. The van der Waals surface area contributed by atoms with Crippen LogP contribution in [0.3, 0.4) is 0 Å². The molecule has 3 aromatic heterocycles. The van der Waals surface area contributed by atoms with Gasteiger partial charge in [0.1, 0.15) is 29.3 Å². The van der Waals surface area contributed by atoms with Crippen molar-refractivity contribution >= 4 is 28.0 Å². The molecule has 0 radical (unpaired) electrons. The zero-order valence-corrected chi connectivity index (χ0v) is 17.4. The van der Waals surface area contributed by atoms with Gasteiger partial charge in [-0.3, -0.25) is 0 Å². The molecule has 2 aromatic carbocycles.